The van der Waals surface area contributed by atoms with Crippen LogP contribution in [0.2, 0.25) is 0 Å². The first-order chi connectivity index (χ1) is 10.3. The SMILES string of the molecule is CCOC(=O)/C=C(/SCc1ccccc1)c1ccccc1. The summed E-state index contributed by atoms with van der Waals surface area (Å²) in [5.41, 5.74) is 2.26. The summed E-state index contributed by atoms with van der Waals surface area (Å²) in [6.07, 6.45) is 1.58. The number of benzene rings is 2. The Labute approximate surface area is 129 Å². The van der Waals surface area contributed by atoms with Crippen molar-refractivity contribution in [1.29, 1.82) is 0 Å². The number of hydrogen-bond donors (Lipinski definition) is 0. The second-order valence-corrected chi connectivity index (χ2v) is 5.42. The molecule has 108 valence electrons. The van der Waals surface area contributed by atoms with E-state index < -0.39 is 0 Å². The second-order valence-electron chi connectivity index (χ2n) is 4.40. The third-order valence-corrected chi connectivity index (χ3v) is 3.97. The average molecular weight is 298 g/mol. The summed E-state index contributed by atoms with van der Waals surface area (Å²) in [7, 11) is 0. The van der Waals surface area contributed by atoms with Gasteiger partial charge >= 0.3 is 5.97 Å². The van der Waals surface area contributed by atoms with Gasteiger partial charge in [-0.2, -0.15) is 0 Å². The fourth-order valence-corrected chi connectivity index (χ4v) is 2.83. The molecule has 2 nitrogen and oxygen atoms in total. The molecule has 0 radical (unpaired) electrons. The summed E-state index contributed by atoms with van der Waals surface area (Å²) in [6, 6.07) is 20.1. The van der Waals surface area contributed by atoms with E-state index in [1.807, 2.05) is 55.5 Å². The van der Waals surface area contributed by atoms with Gasteiger partial charge in [0, 0.05) is 16.7 Å². The van der Waals surface area contributed by atoms with Crippen LogP contribution in [0.3, 0.4) is 0 Å². The summed E-state index contributed by atoms with van der Waals surface area (Å²) in [4.78, 5) is 12.7. The van der Waals surface area contributed by atoms with Crippen molar-refractivity contribution in [3.8, 4) is 0 Å². The Morgan fingerprint density at radius 3 is 2.29 bits per heavy atom. The van der Waals surface area contributed by atoms with Crippen molar-refractivity contribution in [2.45, 2.75) is 12.7 Å². The highest BCUT2D eigenvalue weighted by Crippen LogP contribution is 2.30. The van der Waals surface area contributed by atoms with Gasteiger partial charge in [0.15, 0.2) is 0 Å². The van der Waals surface area contributed by atoms with Crippen molar-refractivity contribution >= 4 is 22.6 Å². The lowest BCUT2D eigenvalue weighted by Crippen LogP contribution is -2.00. The molecule has 0 aliphatic carbocycles. The lowest BCUT2D eigenvalue weighted by atomic mass is 10.2. The van der Waals surface area contributed by atoms with Crippen molar-refractivity contribution in [2.75, 3.05) is 6.61 Å². The minimum Gasteiger partial charge on any atom is -0.463 e. The maximum atomic E-state index is 11.7. The highest BCUT2D eigenvalue weighted by molar-refractivity contribution is 8.07. The summed E-state index contributed by atoms with van der Waals surface area (Å²) >= 11 is 1.64. The van der Waals surface area contributed by atoms with Crippen LogP contribution in [0.5, 0.6) is 0 Å². The van der Waals surface area contributed by atoms with E-state index in [9.17, 15) is 4.79 Å². The van der Waals surface area contributed by atoms with Crippen molar-refractivity contribution in [2.24, 2.45) is 0 Å². The predicted molar refractivity (Wildman–Crippen MR) is 88.8 cm³/mol. The van der Waals surface area contributed by atoms with Gasteiger partial charge in [-0.15, -0.1) is 11.8 Å². The standard InChI is InChI=1S/C18H18O2S/c1-2-20-18(19)13-17(16-11-7-4-8-12-16)21-14-15-9-5-3-6-10-15/h3-13H,2,14H2,1H3/b17-13+. The molecule has 3 heteroatoms. The molecule has 0 saturated carbocycles. The summed E-state index contributed by atoms with van der Waals surface area (Å²) < 4.78 is 5.02. The van der Waals surface area contributed by atoms with E-state index in [2.05, 4.69) is 12.1 Å². The van der Waals surface area contributed by atoms with Gasteiger partial charge < -0.3 is 4.74 Å². The lowest BCUT2D eigenvalue weighted by Gasteiger charge is -2.08. The van der Waals surface area contributed by atoms with Gasteiger partial charge in [0.2, 0.25) is 0 Å². The van der Waals surface area contributed by atoms with Crippen LogP contribution in [0, 0.1) is 0 Å². The molecular weight excluding hydrogens is 280 g/mol. The van der Waals surface area contributed by atoms with E-state index in [-0.39, 0.29) is 5.97 Å². The van der Waals surface area contributed by atoms with Crippen LogP contribution in [0.15, 0.2) is 66.7 Å². The van der Waals surface area contributed by atoms with Gasteiger partial charge in [-0.3, -0.25) is 0 Å². The molecule has 0 fully saturated rings. The van der Waals surface area contributed by atoms with Crippen LogP contribution in [-0.2, 0) is 15.3 Å². The predicted octanol–water partition coefficient (Wildman–Crippen LogP) is 4.52. The van der Waals surface area contributed by atoms with Crippen LogP contribution < -0.4 is 0 Å². The molecule has 0 unspecified atom stereocenters. The van der Waals surface area contributed by atoms with Crippen LogP contribution in [0.25, 0.3) is 4.91 Å². The zero-order valence-corrected chi connectivity index (χ0v) is 12.8. The zero-order chi connectivity index (χ0) is 14.9. The molecule has 0 N–H and O–H groups in total. The Morgan fingerprint density at radius 1 is 1.05 bits per heavy atom. The molecule has 2 aromatic carbocycles. The fraction of sp³-hybridized carbons (Fsp3) is 0.167. The summed E-state index contributed by atoms with van der Waals surface area (Å²) in [6.45, 7) is 2.20. The zero-order valence-electron chi connectivity index (χ0n) is 12.0. The highest BCUT2D eigenvalue weighted by atomic mass is 32.2. The van der Waals surface area contributed by atoms with Crippen molar-refractivity contribution in [1.82, 2.24) is 0 Å². The Morgan fingerprint density at radius 2 is 1.67 bits per heavy atom. The Balaban J connectivity index is 2.14. The highest BCUT2D eigenvalue weighted by Gasteiger charge is 2.06. The van der Waals surface area contributed by atoms with Gasteiger partial charge in [0.25, 0.3) is 0 Å². The maximum Gasteiger partial charge on any atom is 0.331 e. The van der Waals surface area contributed by atoms with E-state index in [0.29, 0.717) is 6.61 Å². The molecule has 0 atom stereocenters. The maximum absolute atomic E-state index is 11.7. The molecule has 21 heavy (non-hydrogen) atoms. The molecule has 2 rings (SSSR count). The van der Waals surface area contributed by atoms with Crippen LogP contribution in [0.4, 0.5) is 0 Å². The smallest absolute Gasteiger partial charge is 0.331 e. The third-order valence-electron chi connectivity index (χ3n) is 2.83. The van der Waals surface area contributed by atoms with Crippen LogP contribution in [0.1, 0.15) is 18.1 Å². The normalized spacial score (nSPS) is 11.2. The Bertz CT molecular complexity index is 591. The van der Waals surface area contributed by atoms with Gasteiger partial charge in [0.1, 0.15) is 0 Å². The van der Waals surface area contributed by atoms with Crippen molar-refractivity contribution in [3.05, 3.63) is 77.9 Å². The van der Waals surface area contributed by atoms with Crippen LogP contribution >= 0.6 is 11.8 Å². The Kier molecular flexibility index (Phi) is 6.10. The molecule has 0 spiro atoms. The Hall–Kier alpha value is -2.00. The van der Waals surface area contributed by atoms with E-state index >= 15 is 0 Å². The van der Waals surface area contributed by atoms with Gasteiger partial charge in [-0.1, -0.05) is 60.7 Å². The molecule has 0 amide bonds. The molecule has 2 aromatic rings. The lowest BCUT2D eigenvalue weighted by molar-refractivity contribution is -0.137. The van der Waals surface area contributed by atoms with Gasteiger partial charge in [0.05, 0.1) is 6.61 Å². The molecule has 0 bridgehead atoms. The van der Waals surface area contributed by atoms with E-state index in [4.69, 9.17) is 4.74 Å². The number of ether oxygens (including phenoxy) is 1. The molecule has 0 aromatic heterocycles. The number of carbonyl (C=O) groups excluding carboxylic acids is 1. The number of hydrogen-bond acceptors (Lipinski definition) is 3. The largest absolute Gasteiger partial charge is 0.463 e. The summed E-state index contributed by atoms with van der Waals surface area (Å²) in [5.74, 6) is 0.526. The van der Waals surface area contributed by atoms with Crippen molar-refractivity contribution in [3.63, 3.8) is 0 Å². The number of thioether (sulfide) groups is 1. The number of esters is 1. The summed E-state index contributed by atoms with van der Waals surface area (Å²) in [5, 5.41) is 0. The number of rotatable bonds is 6. The minimum atomic E-state index is -0.295. The molecule has 0 saturated heterocycles. The minimum absolute atomic E-state index is 0.295. The second kappa shape index (κ2) is 8.32. The van der Waals surface area contributed by atoms with Crippen molar-refractivity contribution < 1.29 is 9.53 Å². The fourth-order valence-electron chi connectivity index (χ4n) is 1.84. The molecule has 0 aliphatic rings. The molecule has 0 aliphatic heterocycles. The quantitative estimate of drug-likeness (QED) is 0.579. The van der Waals surface area contributed by atoms with E-state index in [1.54, 1.807) is 17.8 Å². The molecular formula is C18H18O2S. The first kappa shape index (κ1) is 15.4. The van der Waals surface area contributed by atoms with E-state index in [0.717, 1.165) is 16.2 Å². The van der Waals surface area contributed by atoms with Gasteiger partial charge in [-0.25, -0.2) is 4.79 Å². The number of carbonyl (C=O) groups is 1. The van der Waals surface area contributed by atoms with Crippen LogP contribution in [-0.4, -0.2) is 12.6 Å². The first-order valence-electron chi connectivity index (χ1n) is 6.90. The topological polar surface area (TPSA) is 26.3 Å². The monoisotopic (exact) mass is 298 g/mol. The third kappa shape index (κ3) is 5.12. The first-order valence-corrected chi connectivity index (χ1v) is 7.88. The van der Waals surface area contributed by atoms with Gasteiger partial charge in [-0.05, 0) is 18.1 Å². The van der Waals surface area contributed by atoms with E-state index in [1.165, 1.54) is 5.56 Å². The average Bonchev–Trinajstić information content (AvgIpc) is 2.53. The molecule has 0 heterocycles.